The van der Waals surface area contributed by atoms with Crippen molar-refractivity contribution in [3.8, 4) is 0 Å². The molecule has 0 fully saturated rings. The molecule has 27 heavy (non-hydrogen) atoms. The van der Waals surface area contributed by atoms with Gasteiger partial charge in [0.25, 0.3) is 0 Å². The van der Waals surface area contributed by atoms with E-state index in [0.717, 1.165) is 24.3 Å². The van der Waals surface area contributed by atoms with Crippen LogP contribution < -0.4 is 10.6 Å². The van der Waals surface area contributed by atoms with Crippen LogP contribution in [0.2, 0.25) is 0 Å². The van der Waals surface area contributed by atoms with Gasteiger partial charge in [0.15, 0.2) is 5.11 Å². The van der Waals surface area contributed by atoms with Crippen LogP contribution >= 0.6 is 12.2 Å². The van der Waals surface area contributed by atoms with Gasteiger partial charge in [0, 0.05) is 11.9 Å². The van der Waals surface area contributed by atoms with Crippen molar-refractivity contribution in [2.45, 2.75) is 39.7 Å². The minimum Gasteiger partial charge on any atom is -0.332 e. The molecule has 0 spiro atoms. The minimum atomic E-state index is 0.557. The predicted molar refractivity (Wildman–Crippen MR) is 117 cm³/mol. The Morgan fingerprint density at radius 2 is 1.78 bits per heavy atom. The number of hydrogen-bond donors (Lipinski definition) is 2. The Labute approximate surface area is 166 Å². The summed E-state index contributed by atoms with van der Waals surface area (Å²) in [7, 11) is 0. The van der Waals surface area contributed by atoms with Gasteiger partial charge in [-0.15, -0.1) is 0 Å². The lowest BCUT2D eigenvalue weighted by atomic mass is 9.99. The molecule has 2 N–H and O–H groups in total. The lowest BCUT2D eigenvalue weighted by Crippen LogP contribution is -2.18. The lowest BCUT2D eigenvalue weighted by molar-refractivity contribution is 0.684. The van der Waals surface area contributed by atoms with E-state index in [0.29, 0.717) is 11.0 Å². The summed E-state index contributed by atoms with van der Waals surface area (Å²) in [6.07, 6.45) is 4.89. The number of nitrogens with one attached hydrogen (secondary N) is 2. The van der Waals surface area contributed by atoms with Crippen LogP contribution in [0.3, 0.4) is 0 Å². The number of aryl methyl sites for hydroxylation is 1. The number of rotatable bonds is 6. The molecule has 0 bridgehead atoms. The number of nitrogens with zero attached hydrogens (tertiary/aromatic N) is 2. The van der Waals surface area contributed by atoms with Crippen molar-refractivity contribution >= 4 is 28.7 Å². The molecule has 0 aliphatic carbocycles. The van der Waals surface area contributed by atoms with Crippen LogP contribution in [-0.4, -0.2) is 14.9 Å². The molecular weight excluding hydrogens is 352 g/mol. The Balaban J connectivity index is 1.57. The van der Waals surface area contributed by atoms with Gasteiger partial charge < -0.3 is 10.6 Å². The summed E-state index contributed by atoms with van der Waals surface area (Å²) in [5, 5.41) is 11.4. The summed E-state index contributed by atoms with van der Waals surface area (Å²) >= 11 is 5.43. The largest absolute Gasteiger partial charge is 0.332 e. The Hall–Kier alpha value is -2.66. The van der Waals surface area contributed by atoms with Crippen molar-refractivity contribution in [1.82, 2.24) is 9.78 Å². The number of aromatic nitrogens is 2. The van der Waals surface area contributed by atoms with Crippen molar-refractivity contribution in [1.29, 1.82) is 0 Å². The zero-order chi connectivity index (χ0) is 19.2. The van der Waals surface area contributed by atoms with Crippen molar-refractivity contribution in [3.05, 3.63) is 77.6 Å². The average molecular weight is 379 g/mol. The summed E-state index contributed by atoms with van der Waals surface area (Å²) in [5.74, 6) is 0.572. The van der Waals surface area contributed by atoms with E-state index in [9.17, 15) is 0 Å². The zero-order valence-electron chi connectivity index (χ0n) is 16.1. The van der Waals surface area contributed by atoms with Crippen LogP contribution in [0.25, 0.3) is 0 Å². The van der Waals surface area contributed by atoms with Crippen LogP contribution in [0.15, 0.2) is 60.9 Å². The molecule has 140 valence electrons. The van der Waals surface area contributed by atoms with Crippen molar-refractivity contribution in [2.75, 3.05) is 10.6 Å². The first-order valence-corrected chi connectivity index (χ1v) is 9.71. The summed E-state index contributed by atoms with van der Waals surface area (Å²) < 4.78 is 1.91. The first-order chi connectivity index (χ1) is 13.0. The molecule has 2 aromatic carbocycles. The molecule has 3 rings (SSSR count). The third-order valence-corrected chi connectivity index (χ3v) is 5.04. The minimum absolute atomic E-state index is 0.557. The quantitative estimate of drug-likeness (QED) is 0.551. The molecule has 0 radical (unpaired) electrons. The highest BCUT2D eigenvalue weighted by atomic mass is 32.1. The van der Waals surface area contributed by atoms with Gasteiger partial charge in [-0.25, -0.2) is 0 Å². The molecular formula is C22H26N4S. The molecule has 0 saturated heterocycles. The highest BCUT2D eigenvalue weighted by Crippen LogP contribution is 2.20. The van der Waals surface area contributed by atoms with E-state index in [4.69, 9.17) is 12.2 Å². The second-order valence-corrected chi connectivity index (χ2v) is 7.27. The van der Waals surface area contributed by atoms with Gasteiger partial charge in [0.1, 0.15) is 0 Å². The first-order valence-electron chi connectivity index (χ1n) is 9.30. The molecule has 0 amide bonds. The number of thiocarbonyl (C=S) groups is 1. The summed E-state index contributed by atoms with van der Waals surface area (Å²) in [5.41, 5.74) is 5.72. The topological polar surface area (TPSA) is 41.9 Å². The van der Waals surface area contributed by atoms with Gasteiger partial charge in [-0.2, -0.15) is 5.10 Å². The molecule has 0 aliphatic heterocycles. The van der Waals surface area contributed by atoms with Crippen LogP contribution in [0.4, 0.5) is 11.4 Å². The second-order valence-electron chi connectivity index (χ2n) is 6.86. The Morgan fingerprint density at radius 3 is 2.48 bits per heavy atom. The van der Waals surface area contributed by atoms with Gasteiger partial charge >= 0.3 is 0 Å². The van der Waals surface area contributed by atoms with Gasteiger partial charge in [-0.1, -0.05) is 50.2 Å². The van der Waals surface area contributed by atoms with Crippen LogP contribution in [0.5, 0.6) is 0 Å². The van der Waals surface area contributed by atoms with Gasteiger partial charge in [-0.3, -0.25) is 4.68 Å². The van der Waals surface area contributed by atoms with Crippen LogP contribution in [-0.2, 0) is 6.54 Å². The molecule has 1 atom stereocenters. The summed E-state index contributed by atoms with van der Waals surface area (Å²) in [4.78, 5) is 0. The van der Waals surface area contributed by atoms with E-state index in [1.807, 2.05) is 10.9 Å². The number of hydrogen-bond acceptors (Lipinski definition) is 2. The molecule has 1 heterocycles. The molecule has 4 nitrogen and oxygen atoms in total. The first kappa shape index (κ1) is 19.1. The SMILES string of the molecule is CCC(C)c1ccc(NC(=S)Nc2cnn(Cc3ccccc3C)c2)cc1. The second kappa shape index (κ2) is 8.82. The van der Waals surface area contributed by atoms with Crippen molar-refractivity contribution in [2.24, 2.45) is 0 Å². The molecule has 5 heteroatoms. The van der Waals surface area contributed by atoms with E-state index in [1.165, 1.54) is 16.7 Å². The predicted octanol–water partition coefficient (Wildman–Crippen LogP) is 5.56. The van der Waals surface area contributed by atoms with Crippen LogP contribution in [0.1, 0.15) is 42.9 Å². The molecule has 1 unspecified atom stereocenters. The smallest absolute Gasteiger partial charge is 0.175 e. The third-order valence-electron chi connectivity index (χ3n) is 4.83. The van der Waals surface area contributed by atoms with Crippen molar-refractivity contribution < 1.29 is 0 Å². The average Bonchev–Trinajstić information content (AvgIpc) is 3.10. The van der Waals surface area contributed by atoms with E-state index in [2.05, 4.69) is 85.0 Å². The molecule has 0 aliphatic rings. The van der Waals surface area contributed by atoms with Gasteiger partial charge in [0.05, 0.1) is 18.4 Å². The van der Waals surface area contributed by atoms with E-state index in [1.54, 1.807) is 6.20 Å². The van der Waals surface area contributed by atoms with Gasteiger partial charge in [-0.05, 0) is 60.3 Å². The lowest BCUT2D eigenvalue weighted by Gasteiger charge is -2.12. The summed E-state index contributed by atoms with van der Waals surface area (Å²) in [6, 6.07) is 16.8. The summed E-state index contributed by atoms with van der Waals surface area (Å²) in [6.45, 7) is 7.30. The molecule has 1 aromatic heterocycles. The number of benzene rings is 2. The maximum absolute atomic E-state index is 5.43. The van der Waals surface area contributed by atoms with Gasteiger partial charge in [0.2, 0.25) is 0 Å². The highest BCUT2D eigenvalue weighted by Gasteiger charge is 2.05. The monoisotopic (exact) mass is 378 g/mol. The maximum Gasteiger partial charge on any atom is 0.175 e. The highest BCUT2D eigenvalue weighted by molar-refractivity contribution is 7.80. The fourth-order valence-corrected chi connectivity index (χ4v) is 3.14. The zero-order valence-corrected chi connectivity index (χ0v) is 16.9. The van der Waals surface area contributed by atoms with E-state index in [-0.39, 0.29) is 0 Å². The Morgan fingerprint density at radius 1 is 1.07 bits per heavy atom. The van der Waals surface area contributed by atoms with E-state index < -0.39 is 0 Å². The third kappa shape index (κ3) is 5.17. The maximum atomic E-state index is 5.43. The van der Waals surface area contributed by atoms with Crippen LogP contribution in [0, 0.1) is 6.92 Å². The Kier molecular flexibility index (Phi) is 6.24. The Bertz CT molecular complexity index is 899. The van der Waals surface area contributed by atoms with E-state index >= 15 is 0 Å². The fourth-order valence-electron chi connectivity index (χ4n) is 2.90. The normalized spacial score (nSPS) is 11.8. The molecule has 0 saturated carbocycles. The molecule has 3 aromatic rings. The standard InChI is InChI=1S/C22H26N4S/c1-4-16(2)18-9-11-20(12-10-18)24-22(27)25-21-13-23-26(15-21)14-19-8-6-5-7-17(19)3/h5-13,15-16H,4,14H2,1-3H3,(H2,24,25,27). The van der Waals surface area contributed by atoms with Crippen molar-refractivity contribution in [3.63, 3.8) is 0 Å². The number of anilines is 2. The fraction of sp³-hybridized carbons (Fsp3) is 0.273.